The number of fused-ring (bicyclic) bond motifs is 1. The Hall–Kier alpha value is -3.35. The van der Waals surface area contributed by atoms with E-state index in [9.17, 15) is 8.78 Å². The number of ether oxygens (including phenoxy) is 2. The lowest BCUT2D eigenvalue weighted by atomic mass is 9.92. The number of nitrogens with zero attached hydrogens (tertiary/aromatic N) is 2. The van der Waals surface area contributed by atoms with E-state index in [4.69, 9.17) is 4.74 Å². The number of alkyl halides is 2. The smallest absolute Gasteiger partial charge is 0.387 e. The van der Waals surface area contributed by atoms with Crippen molar-refractivity contribution in [3.63, 3.8) is 0 Å². The normalized spacial score (nSPS) is 15.3. The number of aromatic nitrogens is 1. The first-order valence-electron chi connectivity index (χ1n) is 9.79. The summed E-state index contributed by atoms with van der Waals surface area (Å²) in [5.41, 5.74) is 4.00. The highest BCUT2D eigenvalue weighted by atomic mass is 19.3. The SMILES string of the molecule is CN(c1ccc(OC(F)F)cc1)c1ccc2c(c1)OCC[C@H]2CNc1cccnc1. The van der Waals surface area contributed by atoms with Crippen molar-refractivity contribution in [2.45, 2.75) is 19.0 Å². The van der Waals surface area contributed by atoms with Crippen LogP contribution in [-0.2, 0) is 0 Å². The van der Waals surface area contributed by atoms with Crippen LogP contribution in [0.25, 0.3) is 0 Å². The van der Waals surface area contributed by atoms with E-state index in [0.29, 0.717) is 12.5 Å². The van der Waals surface area contributed by atoms with Crippen molar-refractivity contribution < 1.29 is 18.3 Å². The zero-order valence-electron chi connectivity index (χ0n) is 16.6. The van der Waals surface area contributed by atoms with Gasteiger partial charge in [-0.05, 0) is 54.4 Å². The van der Waals surface area contributed by atoms with Gasteiger partial charge in [-0.1, -0.05) is 6.07 Å². The van der Waals surface area contributed by atoms with Gasteiger partial charge in [0.1, 0.15) is 11.5 Å². The van der Waals surface area contributed by atoms with Gasteiger partial charge < -0.3 is 19.7 Å². The van der Waals surface area contributed by atoms with E-state index >= 15 is 0 Å². The fraction of sp³-hybridized carbons (Fsp3) is 0.261. The van der Waals surface area contributed by atoms with Gasteiger partial charge in [-0.3, -0.25) is 4.98 Å². The Labute approximate surface area is 174 Å². The number of pyridine rings is 1. The predicted molar refractivity (Wildman–Crippen MR) is 113 cm³/mol. The van der Waals surface area contributed by atoms with Crippen LogP contribution in [0.1, 0.15) is 17.9 Å². The quantitative estimate of drug-likeness (QED) is 0.562. The van der Waals surface area contributed by atoms with Crippen molar-refractivity contribution in [3.8, 4) is 11.5 Å². The van der Waals surface area contributed by atoms with Crippen LogP contribution >= 0.6 is 0 Å². The van der Waals surface area contributed by atoms with Crippen LogP contribution in [0.3, 0.4) is 0 Å². The molecule has 2 aromatic carbocycles. The van der Waals surface area contributed by atoms with Gasteiger partial charge in [-0.15, -0.1) is 0 Å². The summed E-state index contributed by atoms with van der Waals surface area (Å²) in [5, 5.41) is 3.44. The van der Waals surface area contributed by atoms with Crippen LogP contribution in [0.2, 0.25) is 0 Å². The molecule has 3 aromatic rings. The lowest BCUT2D eigenvalue weighted by Gasteiger charge is -2.28. The maximum Gasteiger partial charge on any atom is 0.387 e. The molecule has 4 rings (SSSR count). The van der Waals surface area contributed by atoms with Crippen molar-refractivity contribution in [3.05, 3.63) is 72.6 Å². The summed E-state index contributed by atoms with van der Waals surface area (Å²) < 4.78 is 35.0. The second-order valence-corrected chi connectivity index (χ2v) is 7.11. The van der Waals surface area contributed by atoms with Crippen molar-refractivity contribution in [2.24, 2.45) is 0 Å². The predicted octanol–water partition coefficient (Wildman–Crippen LogP) is 5.43. The molecule has 5 nitrogen and oxygen atoms in total. The molecule has 1 atom stereocenters. The first-order chi connectivity index (χ1) is 14.6. The summed E-state index contributed by atoms with van der Waals surface area (Å²) in [5.74, 6) is 1.36. The van der Waals surface area contributed by atoms with Crippen LogP contribution in [0, 0.1) is 0 Å². The number of hydrogen-bond donors (Lipinski definition) is 1. The van der Waals surface area contributed by atoms with Crippen LogP contribution in [0.15, 0.2) is 67.0 Å². The lowest BCUT2D eigenvalue weighted by molar-refractivity contribution is -0.0498. The Kier molecular flexibility index (Phi) is 5.97. The highest BCUT2D eigenvalue weighted by Gasteiger charge is 2.22. The Balaban J connectivity index is 1.47. The van der Waals surface area contributed by atoms with Crippen molar-refractivity contribution in [1.29, 1.82) is 0 Å². The molecule has 2 heterocycles. The molecule has 1 aliphatic rings. The van der Waals surface area contributed by atoms with Gasteiger partial charge in [-0.25, -0.2) is 0 Å². The molecule has 0 aliphatic carbocycles. The molecular formula is C23H23F2N3O2. The van der Waals surface area contributed by atoms with Gasteiger partial charge in [0, 0.05) is 49.3 Å². The minimum absolute atomic E-state index is 0.139. The molecule has 0 bridgehead atoms. The van der Waals surface area contributed by atoms with Crippen molar-refractivity contribution in [2.75, 3.05) is 30.4 Å². The van der Waals surface area contributed by atoms with Crippen LogP contribution < -0.4 is 19.7 Å². The van der Waals surface area contributed by atoms with Gasteiger partial charge in [0.15, 0.2) is 0 Å². The van der Waals surface area contributed by atoms with Crippen LogP contribution in [-0.4, -0.2) is 31.8 Å². The second-order valence-electron chi connectivity index (χ2n) is 7.11. The molecular weight excluding hydrogens is 388 g/mol. The van der Waals surface area contributed by atoms with Crippen molar-refractivity contribution in [1.82, 2.24) is 4.98 Å². The highest BCUT2D eigenvalue weighted by Crippen LogP contribution is 2.38. The number of halogens is 2. The van der Waals surface area contributed by atoms with E-state index in [1.165, 1.54) is 17.7 Å². The molecule has 0 fully saturated rings. The molecule has 0 unspecified atom stereocenters. The average molecular weight is 411 g/mol. The van der Waals surface area contributed by atoms with E-state index < -0.39 is 6.61 Å². The Bertz CT molecular complexity index is 968. The summed E-state index contributed by atoms with van der Waals surface area (Å²) in [4.78, 5) is 6.11. The van der Waals surface area contributed by atoms with Gasteiger partial charge in [-0.2, -0.15) is 8.78 Å². The van der Waals surface area contributed by atoms with Gasteiger partial charge in [0.2, 0.25) is 0 Å². The van der Waals surface area contributed by atoms with Gasteiger partial charge in [0.05, 0.1) is 12.3 Å². The second kappa shape index (κ2) is 8.98. The van der Waals surface area contributed by atoms with E-state index in [-0.39, 0.29) is 5.75 Å². The number of rotatable bonds is 7. The minimum atomic E-state index is -2.83. The summed E-state index contributed by atoms with van der Waals surface area (Å²) in [6, 6.07) is 16.7. The molecule has 30 heavy (non-hydrogen) atoms. The molecule has 7 heteroatoms. The fourth-order valence-electron chi connectivity index (χ4n) is 3.58. The van der Waals surface area contributed by atoms with Crippen molar-refractivity contribution >= 4 is 17.1 Å². The summed E-state index contributed by atoms with van der Waals surface area (Å²) in [6.45, 7) is -1.35. The zero-order valence-corrected chi connectivity index (χ0v) is 16.6. The van der Waals surface area contributed by atoms with E-state index in [1.54, 1.807) is 18.3 Å². The third-order valence-electron chi connectivity index (χ3n) is 5.21. The standard InChI is InChI=1S/C23H23F2N3O2/c1-28(18-4-7-20(8-5-18)30-23(24)25)19-6-9-21-16(10-12-29-22(21)13-19)14-27-17-3-2-11-26-15-17/h2-9,11,13,15-16,23,27H,10,12,14H2,1H3/t16-/m0/s1. The first-order valence-corrected chi connectivity index (χ1v) is 9.79. The largest absolute Gasteiger partial charge is 0.493 e. The molecule has 0 amide bonds. The lowest BCUT2D eigenvalue weighted by Crippen LogP contribution is -2.21. The molecule has 1 N–H and O–H groups in total. The molecule has 1 aromatic heterocycles. The van der Waals surface area contributed by atoms with Crippen LogP contribution in [0.4, 0.5) is 25.8 Å². The molecule has 156 valence electrons. The topological polar surface area (TPSA) is 46.6 Å². The molecule has 0 radical (unpaired) electrons. The Morgan fingerprint density at radius 2 is 1.97 bits per heavy atom. The van der Waals surface area contributed by atoms with E-state index in [1.807, 2.05) is 42.4 Å². The Morgan fingerprint density at radius 3 is 2.70 bits per heavy atom. The maximum absolute atomic E-state index is 12.3. The maximum atomic E-state index is 12.3. The van der Waals surface area contributed by atoms with E-state index in [2.05, 4.69) is 21.1 Å². The average Bonchev–Trinajstić information content (AvgIpc) is 2.77. The summed E-state index contributed by atoms with van der Waals surface area (Å²) in [7, 11) is 1.93. The molecule has 1 aliphatic heterocycles. The van der Waals surface area contributed by atoms with E-state index in [0.717, 1.165) is 35.8 Å². The minimum Gasteiger partial charge on any atom is -0.493 e. The fourth-order valence-corrected chi connectivity index (χ4v) is 3.58. The Morgan fingerprint density at radius 1 is 1.17 bits per heavy atom. The summed E-state index contributed by atoms with van der Waals surface area (Å²) >= 11 is 0. The van der Waals surface area contributed by atoms with Gasteiger partial charge in [0.25, 0.3) is 0 Å². The third-order valence-corrected chi connectivity index (χ3v) is 5.21. The first kappa shape index (κ1) is 19.9. The monoisotopic (exact) mass is 411 g/mol. The number of anilines is 3. The molecule has 0 saturated heterocycles. The molecule has 0 spiro atoms. The highest BCUT2D eigenvalue weighted by molar-refractivity contribution is 5.66. The van der Waals surface area contributed by atoms with Gasteiger partial charge >= 0.3 is 6.61 Å². The zero-order chi connectivity index (χ0) is 20.9. The molecule has 0 saturated carbocycles. The number of hydrogen-bond acceptors (Lipinski definition) is 5. The summed E-state index contributed by atoms with van der Waals surface area (Å²) in [6.07, 6.45) is 4.52. The number of nitrogens with one attached hydrogen (secondary N) is 1. The number of benzene rings is 2. The van der Waals surface area contributed by atoms with Crippen LogP contribution in [0.5, 0.6) is 11.5 Å². The third kappa shape index (κ3) is 4.62.